The average Bonchev–Trinajstić information content (AvgIpc) is 3.24. The molecule has 2 aliphatic carbocycles. The summed E-state index contributed by atoms with van der Waals surface area (Å²) in [7, 11) is 0. The van der Waals surface area contributed by atoms with E-state index in [0.29, 0.717) is 12.2 Å². The molecule has 7 nitrogen and oxygen atoms in total. The molecule has 0 aromatic rings. The van der Waals surface area contributed by atoms with Gasteiger partial charge >= 0.3 is 5.97 Å². The Balaban J connectivity index is 1.42. The lowest BCUT2D eigenvalue weighted by molar-refractivity contribution is -0.337. The standard InChI is InChI=1S/C22H32O7/c1-15(2)19(23)26-18-17-16(27-21(28-17)11-7-4-8-12-21)13-24-22(18)14-25-20(29-22)9-5-3-6-10-20/h16-18H,1,3-14H2,2H3/t16-,17-,18+,22-/m1/s1. The molecule has 3 aliphatic heterocycles. The highest BCUT2D eigenvalue weighted by Crippen LogP contribution is 2.51. The fraction of sp³-hybridized carbons (Fsp3) is 0.864. The first-order valence-electron chi connectivity index (χ1n) is 11.2. The molecule has 3 saturated heterocycles. The molecule has 29 heavy (non-hydrogen) atoms. The van der Waals surface area contributed by atoms with Crippen LogP contribution in [0.1, 0.15) is 71.1 Å². The fourth-order valence-electron chi connectivity index (χ4n) is 5.49. The summed E-state index contributed by atoms with van der Waals surface area (Å²) in [5.41, 5.74) is 0.333. The molecule has 4 atom stereocenters. The van der Waals surface area contributed by atoms with Gasteiger partial charge < -0.3 is 28.4 Å². The second-order valence-electron chi connectivity index (χ2n) is 9.30. The van der Waals surface area contributed by atoms with Crippen molar-refractivity contribution in [2.24, 2.45) is 0 Å². The Morgan fingerprint density at radius 1 is 0.931 bits per heavy atom. The van der Waals surface area contributed by atoms with Gasteiger partial charge in [-0.25, -0.2) is 4.79 Å². The molecule has 3 heterocycles. The number of carbonyl (C=O) groups is 1. The first-order valence-corrected chi connectivity index (χ1v) is 11.2. The molecule has 0 bridgehead atoms. The van der Waals surface area contributed by atoms with Crippen LogP contribution in [-0.2, 0) is 33.2 Å². The summed E-state index contributed by atoms with van der Waals surface area (Å²) in [6.07, 6.45) is 8.53. The maximum atomic E-state index is 12.5. The van der Waals surface area contributed by atoms with Crippen LogP contribution in [0.4, 0.5) is 0 Å². The molecule has 0 unspecified atom stereocenters. The molecule has 5 rings (SSSR count). The largest absolute Gasteiger partial charge is 0.450 e. The van der Waals surface area contributed by atoms with E-state index >= 15 is 0 Å². The zero-order chi connectivity index (χ0) is 20.1. The second-order valence-corrected chi connectivity index (χ2v) is 9.30. The Labute approximate surface area is 172 Å². The third-order valence-corrected chi connectivity index (χ3v) is 7.02. The molecule has 0 N–H and O–H groups in total. The minimum absolute atomic E-state index is 0.223. The highest BCUT2D eigenvalue weighted by molar-refractivity contribution is 5.87. The molecular formula is C22H32O7. The molecular weight excluding hydrogens is 376 g/mol. The summed E-state index contributed by atoms with van der Waals surface area (Å²) in [6.45, 7) is 5.93. The van der Waals surface area contributed by atoms with E-state index in [4.69, 9.17) is 28.4 Å². The summed E-state index contributed by atoms with van der Waals surface area (Å²) in [4.78, 5) is 12.5. The van der Waals surface area contributed by atoms with Gasteiger partial charge in [0.2, 0.25) is 5.79 Å². The van der Waals surface area contributed by atoms with Crippen LogP contribution in [0.25, 0.3) is 0 Å². The van der Waals surface area contributed by atoms with Gasteiger partial charge in [-0.15, -0.1) is 0 Å². The van der Waals surface area contributed by atoms with Gasteiger partial charge in [0.15, 0.2) is 17.7 Å². The summed E-state index contributed by atoms with van der Waals surface area (Å²) in [5, 5.41) is 0. The fourth-order valence-corrected chi connectivity index (χ4v) is 5.49. The molecule has 5 aliphatic rings. The average molecular weight is 408 g/mol. The van der Waals surface area contributed by atoms with Crippen molar-refractivity contribution in [3.63, 3.8) is 0 Å². The predicted molar refractivity (Wildman–Crippen MR) is 102 cm³/mol. The van der Waals surface area contributed by atoms with Gasteiger partial charge in [0.05, 0.1) is 6.61 Å². The summed E-state index contributed by atoms with van der Waals surface area (Å²) in [6, 6.07) is 0. The summed E-state index contributed by atoms with van der Waals surface area (Å²) < 4.78 is 37.7. The maximum absolute atomic E-state index is 12.5. The van der Waals surface area contributed by atoms with Gasteiger partial charge in [-0.2, -0.15) is 0 Å². The van der Waals surface area contributed by atoms with Gasteiger partial charge in [0.25, 0.3) is 0 Å². The van der Waals surface area contributed by atoms with Crippen LogP contribution in [0.15, 0.2) is 12.2 Å². The van der Waals surface area contributed by atoms with Crippen molar-refractivity contribution in [1.29, 1.82) is 0 Å². The van der Waals surface area contributed by atoms with Crippen LogP contribution in [0, 0.1) is 0 Å². The number of carbonyl (C=O) groups excluding carboxylic acids is 1. The topological polar surface area (TPSA) is 72.5 Å². The van der Waals surface area contributed by atoms with Crippen LogP contribution in [-0.4, -0.2) is 54.9 Å². The van der Waals surface area contributed by atoms with Crippen molar-refractivity contribution in [1.82, 2.24) is 0 Å². The van der Waals surface area contributed by atoms with Gasteiger partial charge in [0, 0.05) is 31.3 Å². The van der Waals surface area contributed by atoms with Crippen molar-refractivity contribution in [2.75, 3.05) is 13.2 Å². The van der Waals surface area contributed by atoms with Crippen molar-refractivity contribution >= 4 is 5.97 Å². The van der Waals surface area contributed by atoms with E-state index < -0.39 is 35.5 Å². The quantitative estimate of drug-likeness (QED) is 0.512. The molecule has 5 fully saturated rings. The Morgan fingerprint density at radius 3 is 2.24 bits per heavy atom. The Hall–Kier alpha value is -0.990. The minimum atomic E-state index is -1.16. The van der Waals surface area contributed by atoms with E-state index in [1.54, 1.807) is 6.92 Å². The van der Waals surface area contributed by atoms with Crippen molar-refractivity contribution in [3.8, 4) is 0 Å². The zero-order valence-electron chi connectivity index (χ0n) is 17.3. The van der Waals surface area contributed by atoms with Crippen LogP contribution in [0.5, 0.6) is 0 Å². The van der Waals surface area contributed by atoms with E-state index in [1.165, 1.54) is 12.8 Å². The van der Waals surface area contributed by atoms with Gasteiger partial charge in [0.1, 0.15) is 18.8 Å². The smallest absolute Gasteiger partial charge is 0.333 e. The first-order chi connectivity index (χ1) is 14.0. The van der Waals surface area contributed by atoms with Crippen LogP contribution >= 0.6 is 0 Å². The van der Waals surface area contributed by atoms with Gasteiger partial charge in [-0.3, -0.25) is 0 Å². The molecule has 3 spiro atoms. The molecule has 0 radical (unpaired) electrons. The Morgan fingerprint density at radius 2 is 1.59 bits per heavy atom. The number of rotatable bonds is 2. The Kier molecular flexibility index (Phi) is 5.02. The monoisotopic (exact) mass is 408 g/mol. The highest BCUT2D eigenvalue weighted by Gasteiger charge is 2.66. The number of esters is 1. The summed E-state index contributed by atoms with van der Waals surface area (Å²) in [5.74, 6) is -2.88. The lowest BCUT2D eigenvalue weighted by Crippen LogP contribution is -2.63. The van der Waals surface area contributed by atoms with Crippen molar-refractivity contribution < 1.29 is 33.2 Å². The van der Waals surface area contributed by atoms with E-state index in [0.717, 1.165) is 51.4 Å². The maximum Gasteiger partial charge on any atom is 0.333 e. The number of hydrogen-bond donors (Lipinski definition) is 0. The van der Waals surface area contributed by atoms with E-state index in [-0.39, 0.29) is 12.7 Å². The number of hydrogen-bond acceptors (Lipinski definition) is 7. The highest BCUT2D eigenvalue weighted by atomic mass is 16.9. The van der Waals surface area contributed by atoms with Crippen molar-refractivity contribution in [2.45, 2.75) is 107 Å². The normalized spacial score (nSPS) is 40.2. The van der Waals surface area contributed by atoms with Gasteiger partial charge in [-0.05, 0) is 32.6 Å². The van der Waals surface area contributed by atoms with E-state index in [9.17, 15) is 4.79 Å². The third-order valence-electron chi connectivity index (χ3n) is 7.02. The van der Waals surface area contributed by atoms with Crippen LogP contribution in [0.3, 0.4) is 0 Å². The second kappa shape index (κ2) is 7.31. The lowest BCUT2D eigenvalue weighted by atomic mass is 9.93. The molecule has 0 aromatic heterocycles. The molecule has 7 heteroatoms. The zero-order valence-corrected chi connectivity index (χ0v) is 17.3. The third kappa shape index (κ3) is 3.45. The number of ether oxygens (including phenoxy) is 6. The van der Waals surface area contributed by atoms with E-state index in [1.807, 2.05) is 0 Å². The molecule has 0 amide bonds. The SMILES string of the molecule is C=C(C)C(=O)O[C@H]1[C@@H]2OC3(CCCCC3)O[C@@H]2CO[C@@]12COC1(CCCCC1)O2. The van der Waals surface area contributed by atoms with Gasteiger partial charge in [-0.1, -0.05) is 19.4 Å². The molecule has 0 aromatic carbocycles. The van der Waals surface area contributed by atoms with E-state index in [2.05, 4.69) is 6.58 Å². The molecule has 162 valence electrons. The lowest BCUT2D eigenvalue weighted by Gasteiger charge is -2.44. The summed E-state index contributed by atoms with van der Waals surface area (Å²) >= 11 is 0. The first kappa shape index (κ1) is 19.9. The molecule has 2 saturated carbocycles. The number of fused-ring (bicyclic) bond motifs is 1. The van der Waals surface area contributed by atoms with Crippen molar-refractivity contribution in [3.05, 3.63) is 12.2 Å². The van der Waals surface area contributed by atoms with Crippen LogP contribution in [0.2, 0.25) is 0 Å². The van der Waals surface area contributed by atoms with Crippen LogP contribution < -0.4 is 0 Å². The predicted octanol–water partition coefficient (Wildman–Crippen LogP) is 3.35. The Bertz CT molecular complexity index is 652. The minimum Gasteiger partial charge on any atom is -0.450 e.